The third-order valence-electron chi connectivity index (χ3n) is 1.14. The minimum Gasteiger partial charge on any atom is -0.379 e. The Bertz CT molecular complexity index is 72.1. The molecule has 7 heavy (non-hydrogen) atoms. The lowest BCUT2D eigenvalue weighted by Crippen LogP contribution is -2.08. The summed E-state index contributed by atoms with van der Waals surface area (Å²) in [6, 6.07) is 0. The molecule has 2 nitrogen and oxygen atoms in total. The van der Waals surface area contributed by atoms with Gasteiger partial charge in [0.1, 0.15) is 0 Å². The predicted octanol–water partition coefficient (Wildman–Crippen LogP) is 0.476. The molecule has 40 valence electrons. The van der Waals surface area contributed by atoms with E-state index in [2.05, 4.69) is 4.99 Å². The Labute approximate surface area is 43.2 Å². The number of hydrogen-bond acceptors (Lipinski definition) is 2. The Morgan fingerprint density at radius 3 is 3.00 bits per heavy atom. The molecule has 0 aromatic carbocycles. The van der Waals surface area contributed by atoms with Gasteiger partial charge in [-0.25, -0.2) is 0 Å². The van der Waals surface area contributed by atoms with Gasteiger partial charge < -0.3 is 4.74 Å². The van der Waals surface area contributed by atoms with Crippen LogP contribution in [0, 0.1) is 0 Å². The standard InChI is InChI=1S/C5H9NO/c1-7-5-2-3-6-4-5/h3,5H,2,4H2,1H3. The van der Waals surface area contributed by atoms with Gasteiger partial charge in [0.05, 0.1) is 12.6 Å². The maximum Gasteiger partial charge on any atom is 0.0815 e. The van der Waals surface area contributed by atoms with Crippen molar-refractivity contribution in [3.05, 3.63) is 0 Å². The highest BCUT2D eigenvalue weighted by Gasteiger charge is 2.07. The van der Waals surface area contributed by atoms with Crippen molar-refractivity contribution in [3.63, 3.8) is 0 Å². The van der Waals surface area contributed by atoms with Crippen LogP contribution >= 0.6 is 0 Å². The molecule has 1 aliphatic rings. The first-order valence-electron chi connectivity index (χ1n) is 2.44. The molecule has 0 fully saturated rings. The van der Waals surface area contributed by atoms with E-state index >= 15 is 0 Å². The summed E-state index contributed by atoms with van der Waals surface area (Å²) in [5.74, 6) is 0. The van der Waals surface area contributed by atoms with E-state index in [1.165, 1.54) is 0 Å². The average Bonchev–Trinajstić information content (AvgIpc) is 2.14. The van der Waals surface area contributed by atoms with E-state index in [0.29, 0.717) is 6.10 Å². The number of hydrogen-bond donors (Lipinski definition) is 0. The van der Waals surface area contributed by atoms with E-state index in [-0.39, 0.29) is 0 Å². The zero-order valence-corrected chi connectivity index (χ0v) is 4.42. The summed E-state index contributed by atoms with van der Waals surface area (Å²) in [5.41, 5.74) is 0. The Balaban J connectivity index is 2.22. The van der Waals surface area contributed by atoms with Gasteiger partial charge in [0, 0.05) is 19.7 Å². The highest BCUT2D eigenvalue weighted by Crippen LogP contribution is 2.00. The number of methoxy groups -OCH3 is 1. The second kappa shape index (κ2) is 2.07. The smallest absolute Gasteiger partial charge is 0.0815 e. The van der Waals surface area contributed by atoms with Crippen LogP contribution in [0.4, 0.5) is 0 Å². The van der Waals surface area contributed by atoms with Crippen LogP contribution in [0.1, 0.15) is 6.42 Å². The zero-order valence-electron chi connectivity index (χ0n) is 4.42. The van der Waals surface area contributed by atoms with E-state index in [9.17, 15) is 0 Å². The lowest BCUT2D eigenvalue weighted by atomic mass is 10.3. The Hall–Kier alpha value is -0.370. The first-order chi connectivity index (χ1) is 3.43. The number of aliphatic imine (C=N–C) groups is 1. The molecule has 0 radical (unpaired) electrons. The highest BCUT2D eigenvalue weighted by molar-refractivity contribution is 5.60. The lowest BCUT2D eigenvalue weighted by molar-refractivity contribution is 0.123. The molecule has 0 aliphatic carbocycles. The van der Waals surface area contributed by atoms with Crippen LogP contribution < -0.4 is 0 Å². The lowest BCUT2D eigenvalue weighted by Gasteiger charge is -2.01. The molecule has 1 rings (SSSR count). The van der Waals surface area contributed by atoms with Crippen LogP contribution in [0.5, 0.6) is 0 Å². The molecule has 1 aliphatic heterocycles. The number of rotatable bonds is 1. The monoisotopic (exact) mass is 99.1 g/mol. The molecule has 0 aromatic heterocycles. The summed E-state index contributed by atoms with van der Waals surface area (Å²) in [4.78, 5) is 3.99. The Morgan fingerprint density at radius 1 is 1.86 bits per heavy atom. The third kappa shape index (κ3) is 0.996. The van der Waals surface area contributed by atoms with Crippen molar-refractivity contribution in [2.45, 2.75) is 12.5 Å². The van der Waals surface area contributed by atoms with Crippen LogP contribution in [0.2, 0.25) is 0 Å². The first kappa shape index (κ1) is 4.78. The van der Waals surface area contributed by atoms with Crippen LogP contribution in [-0.2, 0) is 4.74 Å². The van der Waals surface area contributed by atoms with E-state index in [1.807, 2.05) is 6.21 Å². The Morgan fingerprint density at radius 2 is 2.71 bits per heavy atom. The normalized spacial score (nSPS) is 29.0. The summed E-state index contributed by atoms with van der Waals surface area (Å²) in [7, 11) is 1.72. The van der Waals surface area contributed by atoms with Gasteiger partial charge >= 0.3 is 0 Å². The molecule has 0 saturated heterocycles. The maximum absolute atomic E-state index is 4.99. The van der Waals surface area contributed by atoms with Crippen molar-refractivity contribution >= 4 is 6.21 Å². The molecule has 0 aromatic rings. The molecule has 0 spiro atoms. The SMILES string of the molecule is COC1CC=NC1. The fourth-order valence-corrected chi connectivity index (χ4v) is 0.630. The molecule has 0 bridgehead atoms. The van der Waals surface area contributed by atoms with Crippen LogP contribution in [0.3, 0.4) is 0 Å². The van der Waals surface area contributed by atoms with E-state index in [4.69, 9.17) is 4.74 Å². The van der Waals surface area contributed by atoms with Gasteiger partial charge in [-0.05, 0) is 0 Å². The summed E-state index contributed by atoms with van der Waals surface area (Å²) in [6.45, 7) is 0.858. The quantitative estimate of drug-likeness (QED) is 0.468. The summed E-state index contributed by atoms with van der Waals surface area (Å²) in [5, 5.41) is 0. The predicted molar refractivity (Wildman–Crippen MR) is 28.8 cm³/mol. The van der Waals surface area contributed by atoms with Crippen LogP contribution in [0.15, 0.2) is 4.99 Å². The van der Waals surface area contributed by atoms with Crippen molar-refractivity contribution in [3.8, 4) is 0 Å². The van der Waals surface area contributed by atoms with Gasteiger partial charge in [-0.1, -0.05) is 0 Å². The summed E-state index contributed by atoms with van der Waals surface area (Å²) >= 11 is 0. The van der Waals surface area contributed by atoms with Gasteiger partial charge in [0.15, 0.2) is 0 Å². The van der Waals surface area contributed by atoms with Gasteiger partial charge in [-0.2, -0.15) is 0 Å². The van der Waals surface area contributed by atoms with Gasteiger partial charge in [0.25, 0.3) is 0 Å². The van der Waals surface area contributed by atoms with Crippen LogP contribution in [0.25, 0.3) is 0 Å². The fourth-order valence-electron chi connectivity index (χ4n) is 0.630. The van der Waals surface area contributed by atoms with Gasteiger partial charge in [-0.3, -0.25) is 4.99 Å². The third-order valence-corrected chi connectivity index (χ3v) is 1.14. The minimum atomic E-state index is 0.375. The van der Waals surface area contributed by atoms with E-state index < -0.39 is 0 Å². The minimum absolute atomic E-state index is 0.375. The number of nitrogens with zero attached hydrogens (tertiary/aromatic N) is 1. The molecular formula is C5H9NO. The summed E-state index contributed by atoms with van der Waals surface area (Å²) in [6.07, 6.45) is 3.28. The van der Waals surface area contributed by atoms with Gasteiger partial charge in [0.2, 0.25) is 0 Å². The largest absolute Gasteiger partial charge is 0.379 e. The van der Waals surface area contributed by atoms with Crippen molar-refractivity contribution in [1.82, 2.24) is 0 Å². The highest BCUT2D eigenvalue weighted by atomic mass is 16.5. The molecule has 2 heteroatoms. The van der Waals surface area contributed by atoms with Crippen molar-refractivity contribution in [2.24, 2.45) is 4.99 Å². The first-order valence-corrected chi connectivity index (χ1v) is 2.44. The molecule has 0 amide bonds. The zero-order chi connectivity index (χ0) is 5.11. The molecule has 1 unspecified atom stereocenters. The van der Waals surface area contributed by atoms with Gasteiger partial charge in [-0.15, -0.1) is 0 Å². The topological polar surface area (TPSA) is 21.6 Å². The van der Waals surface area contributed by atoms with Crippen molar-refractivity contribution < 1.29 is 4.74 Å². The number of ether oxygens (including phenoxy) is 1. The molecule has 1 heterocycles. The van der Waals surface area contributed by atoms with E-state index in [0.717, 1.165) is 13.0 Å². The molecule has 0 saturated carbocycles. The second-order valence-corrected chi connectivity index (χ2v) is 1.64. The fraction of sp³-hybridized carbons (Fsp3) is 0.800. The maximum atomic E-state index is 4.99. The van der Waals surface area contributed by atoms with Crippen LogP contribution in [-0.4, -0.2) is 26.0 Å². The molecule has 0 N–H and O–H groups in total. The van der Waals surface area contributed by atoms with Crippen molar-refractivity contribution in [2.75, 3.05) is 13.7 Å². The molecular weight excluding hydrogens is 90.1 g/mol. The Kier molecular flexibility index (Phi) is 1.42. The average molecular weight is 99.1 g/mol. The molecule has 1 atom stereocenters. The second-order valence-electron chi connectivity index (χ2n) is 1.64. The summed E-state index contributed by atoms with van der Waals surface area (Å²) < 4.78 is 4.99. The van der Waals surface area contributed by atoms with E-state index in [1.54, 1.807) is 7.11 Å². The van der Waals surface area contributed by atoms with Crippen molar-refractivity contribution in [1.29, 1.82) is 0 Å².